The van der Waals surface area contributed by atoms with Crippen LogP contribution in [0.1, 0.15) is 30.2 Å². The minimum atomic E-state index is -0.182. The number of nitrogens with two attached hydrogens (primary N) is 1. The highest BCUT2D eigenvalue weighted by Gasteiger charge is 2.18. The molecule has 5 nitrogen and oxygen atoms in total. The van der Waals surface area contributed by atoms with Gasteiger partial charge in [0, 0.05) is 6.54 Å². The third-order valence-corrected chi connectivity index (χ3v) is 3.27. The first-order valence-electron chi connectivity index (χ1n) is 6.51. The number of rotatable bonds is 6. The predicted octanol–water partition coefficient (Wildman–Crippen LogP) is 2.46. The Morgan fingerprint density at radius 2 is 2.05 bits per heavy atom. The highest BCUT2D eigenvalue weighted by molar-refractivity contribution is 5.87. The largest absolute Gasteiger partial charge is 0.468 e. The maximum absolute atomic E-state index is 8.93. The van der Waals surface area contributed by atoms with Gasteiger partial charge in [-0.25, -0.2) is 0 Å². The van der Waals surface area contributed by atoms with E-state index in [1.807, 2.05) is 49.4 Å². The topological polar surface area (TPSA) is 83.8 Å². The Morgan fingerprint density at radius 1 is 1.30 bits per heavy atom. The summed E-state index contributed by atoms with van der Waals surface area (Å²) in [7, 11) is 0. The number of nitrogens with zero attached hydrogens (tertiary/aromatic N) is 1. The van der Waals surface area contributed by atoms with Crippen molar-refractivity contribution in [3.05, 3.63) is 60.1 Å². The summed E-state index contributed by atoms with van der Waals surface area (Å²) in [4.78, 5) is 0. The van der Waals surface area contributed by atoms with Crippen LogP contribution in [0.3, 0.4) is 0 Å². The SMILES string of the molecule is CC(NCC(C(N)=NO)c1ccccc1)c1ccco1. The van der Waals surface area contributed by atoms with Gasteiger partial charge in [0.05, 0.1) is 18.2 Å². The Kier molecular flexibility index (Phi) is 4.79. The Hall–Kier alpha value is -2.27. The molecule has 0 fully saturated rings. The maximum atomic E-state index is 8.93. The molecule has 0 aliphatic heterocycles. The Morgan fingerprint density at radius 3 is 2.65 bits per heavy atom. The molecular formula is C15H19N3O2. The summed E-state index contributed by atoms with van der Waals surface area (Å²) in [5.41, 5.74) is 6.79. The van der Waals surface area contributed by atoms with Crippen LogP contribution in [0.15, 0.2) is 58.3 Å². The van der Waals surface area contributed by atoms with E-state index in [1.165, 1.54) is 0 Å². The quantitative estimate of drug-likeness (QED) is 0.327. The molecule has 0 bridgehead atoms. The number of furan rings is 1. The summed E-state index contributed by atoms with van der Waals surface area (Å²) in [5.74, 6) is 0.866. The molecule has 0 aliphatic rings. The highest BCUT2D eigenvalue weighted by atomic mass is 16.4. The second-order valence-corrected chi connectivity index (χ2v) is 4.63. The lowest BCUT2D eigenvalue weighted by molar-refractivity contribution is 0.315. The van der Waals surface area contributed by atoms with Crippen LogP contribution in [0, 0.1) is 0 Å². The lowest BCUT2D eigenvalue weighted by atomic mass is 9.97. The molecule has 5 heteroatoms. The van der Waals surface area contributed by atoms with Crippen molar-refractivity contribution in [3.8, 4) is 0 Å². The van der Waals surface area contributed by atoms with E-state index in [9.17, 15) is 0 Å². The van der Waals surface area contributed by atoms with Crippen LogP contribution in [0.25, 0.3) is 0 Å². The highest BCUT2D eigenvalue weighted by Crippen LogP contribution is 2.18. The number of nitrogens with one attached hydrogen (secondary N) is 1. The van der Waals surface area contributed by atoms with E-state index in [2.05, 4.69) is 10.5 Å². The van der Waals surface area contributed by atoms with Crippen LogP contribution in [0.4, 0.5) is 0 Å². The van der Waals surface area contributed by atoms with Gasteiger partial charge in [0.15, 0.2) is 0 Å². The monoisotopic (exact) mass is 273 g/mol. The number of oxime groups is 1. The lowest BCUT2D eigenvalue weighted by Gasteiger charge is -2.19. The summed E-state index contributed by atoms with van der Waals surface area (Å²) in [6, 6.07) is 13.6. The first-order chi connectivity index (χ1) is 9.72. The number of amidine groups is 1. The molecule has 2 rings (SSSR count). The smallest absolute Gasteiger partial charge is 0.147 e. The third kappa shape index (κ3) is 3.39. The van der Waals surface area contributed by atoms with Crippen LogP contribution in [-0.4, -0.2) is 17.6 Å². The third-order valence-electron chi connectivity index (χ3n) is 3.27. The second-order valence-electron chi connectivity index (χ2n) is 4.63. The fraction of sp³-hybridized carbons (Fsp3) is 0.267. The van der Waals surface area contributed by atoms with E-state index in [0.29, 0.717) is 6.54 Å². The molecule has 4 N–H and O–H groups in total. The summed E-state index contributed by atoms with van der Waals surface area (Å²) < 4.78 is 5.35. The van der Waals surface area contributed by atoms with E-state index in [1.54, 1.807) is 6.26 Å². The number of hydrogen-bond acceptors (Lipinski definition) is 4. The molecule has 2 unspecified atom stereocenters. The van der Waals surface area contributed by atoms with Crippen LogP contribution in [0.5, 0.6) is 0 Å². The molecule has 0 radical (unpaired) electrons. The average Bonchev–Trinajstić information content (AvgIpc) is 3.02. The summed E-state index contributed by atoms with van der Waals surface area (Å²) >= 11 is 0. The van der Waals surface area contributed by atoms with Gasteiger partial charge >= 0.3 is 0 Å². The Bertz CT molecular complexity index is 538. The average molecular weight is 273 g/mol. The summed E-state index contributed by atoms with van der Waals surface area (Å²) in [6.45, 7) is 2.56. The Balaban J connectivity index is 2.06. The Labute approximate surface area is 118 Å². The van der Waals surface area contributed by atoms with Crippen molar-refractivity contribution in [1.29, 1.82) is 0 Å². The van der Waals surface area contributed by atoms with Crippen molar-refractivity contribution in [2.75, 3.05) is 6.54 Å². The molecule has 20 heavy (non-hydrogen) atoms. The van der Waals surface area contributed by atoms with E-state index in [-0.39, 0.29) is 17.8 Å². The van der Waals surface area contributed by atoms with Gasteiger partial charge in [-0.15, -0.1) is 0 Å². The van der Waals surface area contributed by atoms with Gasteiger partial charge in [-0.3, -0.25) is 0 Å². The minimum Gasteiger partial charge on any atom is -0.468 e. The molecular weight excluding hydrogens is 254 g/mol. The zero-order valence-corrected chi connectivity index (χ0v) is 11.4. The van der Waals surface area contributed by atoms with Crippen molar-refractivity contribution < 1.29 is 9.62 Å². The molecule has 1 aromatic carbocycles. The normalized spacial score (nSPS) is 14.9. The number of hydrogen-bond donors (Lipinski definition) is 3. The molecule has 0 spiro atoms. The van der Waals surface area contributed by atoms with Gasteiger partial charge in [-0.1, -0.05) is 35.5 Å². The van der Waals surface area contributed by atoms with Crippen LogP contribution >= 0.6 is 0 Å². The molecule has 0 saturated carbocycles. The van der Waals surface area contributed by atoms with Crippen molar-refractivity contribution >= 4 is 5.84 Å². The molecule has 1 aromatic heterocycles. The van der Waals surface area contributed by atoms with Crippen molar-refractivity contribution in [2.24, 2.45) is 10.9 Å². The van der Waals surface area contributed by atoms with Crippen LogP contribution in [0.2, 0.25) is 0 Å². The predicted molar refractivity (Wildman–Crippen MR) is 77.7 cm³/mol. The molecule has 0 saturated heterocycles. The second kappa shape index (κ2) is 6.77. The first-order valence-corrected chi connectivity index (χ1v) is 6.51. The molecule has 0 amide bonds. The zero-order valence-electron chi connectivity index (χ0n) is 11.4. The molecule has 0 aliphatic carbocycles. The zero-order chi connectivity index (χ0) is 14.4. The van der Waals surface area contributed by atoms with E-state index in [0.717, 1.165) is 11.3 Å². The standard InChI is InChI=1S/C15H19N3O2/c1-11(14-8-5-9-20-14)17-10-13(15(16)18-19)12-6-3-2-4-7-12/h2-9,11,13,17,19H,10H2,1H3,(H2,16,18). The summed E-state index contributed by atoms with van der Waals surface area (Å²) in [6.07, 6.45) is 1.64. The molecule has 2 aromatic rings. The fourth-order valence-corrected chi connectivity index (χ4v) is 2.08. The van der Waals surface area contributed by atoms with Gasteiger partial charge in [-0.2, -0.15) is 0 Å². The molecule has 1 heterocycles. The number of benzene rings is 1. The van der Waals surface area contributed by atoms with E-state index < -0.39 is 0 Å². The van der Waals surface area contributed by atoms with E-state index in [4.69, 9.17) is 15.4 Å². The maximum Gasteiger partial charge on any atom is 0.147 e. The van der Waals surface area contributed by atoms with Gasteiger partial charge in [0.25, 0.3) is 0 Å². The fourth-order valence-electron chi connectivity index (χ4n) is 2.08. The van der Waals surface area contributed by atoms with Gasteiger partial charge in [-0.05, 0) is 24.6 Å². The minimum absolute atomic E-state index is 0.0581. The van der Waals surface area contributed by atoms with Gasteiger partial charge < -0.3 is 20.7 Å². The van der Waals surface area contributed by atoms with Crippen molar-refractivity contribution in [1.82, 2.24) is 5.32 Å². The first kappa shape index (κ1) is 14.1. The van der Waals surface area contributed by atoms with Crippen molar-refractivity contribution in [2.45, 2.75) is 18.9 Å². The summed E-state index contributed by atoms with van der Waals surface area (Å²) in [5, 5.41) is 15.4. The van der Waals surface area contributed by atoms with Crippen LogP contribution in [-0.2, 0) is 0 Å². The van der Waals surface area contributed by atoms with Crippen LogP contribution < -0.4 is 11.1 Å². The molecule has 2 atom stereocenters. The molecule has 106 valence electrons. The lowest BCUT2D eigenvalue weighted by Crippen LogP contribution is -2.32. The van der Waals surface area contributed by atoms with Gasteiger partial charge in [0.2, 0.25) is 0 Å². The van der Waals surface area contributed by atoms with Crippen molar-refractivity contribution in [3.63, 3.8) is 0 Å². The van der Waals surface area contributed by atoms with Gasteiger partial charge in [0.1, 0.15) is 11.6 Å². The van der Waals surface area contributed by atoms with E-state index >= 15 is 0 Å².